The topological polar surface area (TPSA) is 90.2 Å². The molecule has 1 aliphatic rings. The van der Waals surface area contributed by atoms with Gasteiger partial charge >= 0.3 is 0 Å². The molecule has 0 radical (unpaired) electrons. The average Bonchev–Trinajstić information content (AvgIpc) is 3.13. The number of rotatable bonds is 6. The second-order valence-electron chi connectivity index (χ2n) is 5.79. The van der Waals surface area contributed by atoms with Gasteiger partial charge < -0.3 is 28.8 Å². The van der Waals surface area contributed by atoms with Gasteiger partial charge in [-0.3, -0.25) is 0 Å². The lowest BCUT2D eigenvalue weighted by Crippen LogP contribution is -2.27. The molecular formula is C19H18BrNO6. The Labute approximate surface area is 165 Å². The number of hydrogen-bond acceptors (Lipinski definition) is 7. The number of nitrogens with zero attached hydrogens (tertiary/aromatic N) is 1. The molecule has 1 N–H and O–H groups in total. The zero-order chi connectivity index (χ0) is 19.6. The van der Waals surface area contributed by atoms with E-state index in [2.05, 4.69) is 15.9 Å². The van der Waals surface area contributed by atoms with E-state index < -0.39 is 5.60 Å². The van der Waals surface area contributed by atoms with Crippen LogP contribution in [0.15, 0.2) is 28.7 Å². The van der Waals surface area contributed by atoms with E-state index in [-0.39, 0.29) is 13.2 Å². The van der Waals surface area contributed by atoms with Crippen LogP contribution in [0.25, 0.3) is 0 Å². The van der Waals surface area contributed by atoms with Gasteiger partial charge in [-0.25, -0.2) is 0 Å². The Hall–Kier alpha value is -2.63. The van der Waals surface area contributed by atoms with Crippen LogP contribution in [0.2, 0.25) is 0 Å². The summed E-state index contributed by atoms with van der Waals surface area (Å²) in [5.41, 5.74) is -0.776. The molecule has 8 heteroatoms. The normalized spacial score (nSPS) is 14.2. The van der Waals surface area contributed by atoms with Crippen molar-refractivity contribution >= 4 is 15.9 Å². The largest absolute Gasteiger partial charge is 0.493 e. The lowest BCUT2D eigenvalue weighted by atomic mass is 9.83. The van der Waals surface area contributed by atoms with Gasteiger partial charge in [0.2, 0.25) is 12.5 Å². The van der Waals surface area contributed by atoms with Gasteiger partial charge in [0.25, 0.3) is 0 Å². The zero-order valence-electron chi connectivity index (χ0n) is 15.0. The maximum absolute atomic E-state index is 11.6. The summed E-state index contributed by atoms with van der Waals surface area (Å²) in [5, 5.41) is 21.0. The number of nitriles is 1. The molecule has 0 aromatic heterocycles. The third kappa shape index (κ3) is 3.24. The lowest BCUT2D eigenvalue weighted by molar-refractivity contribution is 0.0843. The predicted molar refractivity (Wildman–Crippen MR) is 99.6 cm³/mol. The van der Waals surface area contributed by atoms with Crippen LogP contribution in [0.4, 0.5) is 0 Å². The third-order valence-corrected chi connectivity index (χ3v) is 5.04. The van der Waals surface area contributed by atoms with Crippen molar-refractivity contribution in [3.05, 3.63) is 39.9 Å². The molecule has 0 spiro atoms. The fourth-order valence-electron chi connectivity index (χ4n) is 3.02. The number of aliphatic hydroxyl groups is 1. The second kappa shape index (κ2) is 7.55. The number of ether oxygens (including phenoxy) is 5. The first-order valence-corrected chi connectivity index (χ1v) is 8.77. The van der Waals surface area contributed by atoms with E-state index in [9.17, 15) is 10.4 Å². The van der Waals surface area contributed by atoms with Crippen LogP contribution >= 0.6 is 15.9 Å². The summed E-state index contributed by atoms with van der Waals surface area (Å²) in [7, 11) is 4.47. The Kier molecular flexibility index (Phi) is 5.35. The Morgan fingerprint density at radius 3 is 2.19 bits per heavy atom. The maximum Gasteiger partial charge on any atom is 0.231 e. The number of fused-ring (bicyclic) bond motifs is 1. The van der Waals surface area contributed by atoms with Crippen LogP contribution in [0, 0.1) is 11.3 Å². The van der Waals surface area contributed by atoms with Crippen molar-refractivity contribution in [3.8, 4) is 34.8 Å². The van der Waals surface area contributed by atoms with Gasteiger partial charge in [-0.2, -0.15) is 5.26 Å². The minimum Gasteiger partial charge on any atom is -0.493 e. The molecule has 1 aliphatic heterocycles. The van der Waals surface area contributed by atoms with Gasteiger partial charge in [0.1, 0.15) is 5.60 Å². The molecule has 3 rings (SSSR count). The molecule has 142 valence electrons. The average molecular weight is 436 g/mol. The fourth-order valence-corrected chi connectivity index (χ4v) is 3.67. The zero-order valence-corrected chi connectivity index (χ0v) is 16.6. The minimum absolute atomic E-state index is 0.103. The predicted octanol–water partition coefficient (Wildman–Crippen LogP) is 3.35. The van der Waals surface area contributed by atoms with Crippen LogP contribution in [0.1, 0.15) is 17.5 Å². The summed E-state index contributed by atoms with van der Waals surface area (Å²) in [6, 6.07) is 8.66. The first-order chi connectivity index (χ1) is 13.0. The maximum atomic E-state index is 11.6. The van der Waals surface area contributed by atoms with E-state index in [4.69, 9.17) is 23.7 Å². The molecule has 0 fully saturated rings. The van der Waals surface area contributed by atoms with E-state index in [0.29, 0.717) is 44.3 Å². The molecule has 0 amide bonds. The van der Waals surface area contributed by atoms with Crippen LogP contribution in [0.3, 0.4) is 0 Å². The molecule has 1 unspecified atom stereocenters. The fraction of sp³-hybridized carbons (Fsp3) is 0.316. The summed E-state index contributed by atoms with van der Waals surface area (Å²) in [6.45, 7) is 0.103. The van der Waals surface area contributed by atoms with Crippen molar-refractivity contribution in [1.82, 2.24) is 0 Å². The van der Waals surface area contributed by atoms with Gasteiger partial charge in [-0.05, 0) is 29.8 Å². The van der Waals surface area contributed by atoms with Gasteiger partial charge in [-0.15, -0.1) is 0 Å². The Balaban J connectivity index is 2.23. The summed E-state index contributed by atoms with van der Waals surface area (Å²) >= 11 is 3.46. The van der Waals surface area contributed by atoms with Crippen molar-refractivity contribution in [2.24, 2.45) is 0 Å². The van der Waals surface area contributed by atoms with E-state index in [1.54, 1.807) is 24.3 Å². The highest BCUT2D eigenvalue weighted by Crippen LogP contribution is 2.47. The molecule has 1 atom stereocenters. The van der Waals surface area contributed by atoms with Gasteiger partial charge in [0, 0.05) is 10.0 Å². The molecule has 0 saturated carbocycles. The summed E-state index contributed by atoms with van der Waals surface area (Å²) in [4.78, 5) is 0. The van der Waals surface area contributed by atoms with Crippen LogP contribution in [0.5, 0.6) is 28.7 Å². The highest BCUT2D eigenvalue weighted by atomic mass is 79.9. The Bertz CT molecular complexity index is 885. The molecule has 2 aromatic carbocycles. The van der Waals surface area contributed by atoms with E-state index >= 15 is 0 Å². The third-order valence-electron chi connectivity index (χ3n) is 4.39. The first kappa shape index (κ1) is 19.1. The quantitative estimate of drug-likeness (QED) is 0.743. The van der Waals surface area contributed by atoms with Crippen molar-refractivity contribution in [2.45, 2.75) is 12.0 Å². The number of methoxy groups -OCH3 is 3. The second-order valence-corrected chi connectivity index (χ2v) is 6.65. The SMILES string of the molecule is COc1cc(C(O)(CC#N)c2cc3c(cc2Br)OCO3)cc(OC)c1OC. The van der Waals surface area contributed by atoms with Gasteiger partial charge in [0.05, 0.1) is 33.8 Å². The molecular weight excluding hydrogens is 418 g/mol. The molecule has 27 heavy (non-hydrogen) atoms. The van der Waals surface area contributed by atoms with Crippen LogP contribution in [-0.4, -0.2) is 33.2 Å². The van der Waals surface area contributed by atoms with E-state index in [1.165, 1.54) is 21.3 Å². The molecule has 0 bridgehead atoms. The van der Waals surface area contributed by atoms with E-state index in [0.717, 1.165) is 0 Å². The van der Waals surface area contributed by atoms with Crippen molar-refractivity contribution < 1.29 is 28.8 Å². The molecule has 2 aromatic rings. The molecule has 0 aliphatic carbocycles. The summed E-state index contributed by atoms with van der Waals surface area (Å²) in [6.07, 6.45) is -0.204. The molecule has 7 nitrogen and oxygen atoms in total. The highest BCUT2D eigenvalue weighted by molar-refractivity contribution is 9.10. The minimum atomic E-state index is -1.65. The van der Waals surface area contributed by atoms with Crippen LogP contribution in [-0.2, 0) is 5.60 Å². The van der Waals surface area contributed by atoms with Crippen molar-refractivity contribution in [2.75, 3.05) is 28.1 Å². The van der Waals surface area contributed by atoms with Crippen LogP contribution < -0.4 is 23.7 Å². The molecule has 0 saturated heterocycles. The van der Waals surface area contributed by atoms with Crippen molar-refractivity contribution in [1.29, 1.82) is 5.26 Å². The number of halogens is 1. The van der Waals surface area contributed by atoms with E-state index in [1.807, 2.05) is 6.07 Å². The number of benzene rings is 2. The lowest BCUT2D eigenvalue weighted by Gasteiger charge is -2.29. The first-order valence-electron chi connectivity index (χ1n) is 7.98. The summed E-state index contributed by atoms with van der Waals surface area (Å²) < 4.78 is 27.5. The monoisotopic (exact) mass is 435 g/mol. The summed E-state index contributed by atoms with van der Waals surface area (Å²) in [5.74, 6) is 2.21. The highest BCUT2D eigenvalue weighted by Gasteiger charge is 2.37. The van der Waals surface area contributed by atoms with Gasteiger partial charge in [0.15, 0.2) is 23.0 Å². The molecule has 1 heterocycles. The smallest absolute Gasteiger partial charge is 0.231 e. The van der Waals surface area contributed by atoms with Crippen molar-refractivity contribution in [3.63, 3.8) is 0 Å². The Morgan fingerprint density at radius 1 is 1.07 bits per heavy atom. The Morgan fingerprint density at radius 2 is 1.67 bits per heavy atom. The van der Waals surface area contributed by atoms with Gasteiger partial charge in [-0.1, -0.05) is 15.9 Å². The standard InChI is InChI=1S/C19H18BrNO6/c1-23-16-6-11(7-17(24-2)18(16)25-3)19(22,4-5-21)12-8-14-15(9-13(12)20)27-10-26-14/h6-9,22H,4,10H2,1-3H3. The number of hydrogen-bond donors (Lipinski definition) is 1.